The number of benzene rings is 3. The average Bonchev–Trinajstić information content (AvgIpc) is 3.85. The molecule has 0 spiro atoms. The number of carbonyl (C=O) groups is 2. The molecule has 7 nitrogen and oxygen atoms in total. The van der Waals surface area contributed by atoms with Crippen LogP contribution in [0.2, 0.25) is 0 Å². The minimum atomic E-state index is -1.04. The van der Waals surface area contributed by atoms with Crippen molar-refractivity contribution in [2.24, 2.45) is 5.41 Å². The zero-order valence-electron chi connectivity index (χ0n) is 25.3. The summed E-state index contributed by atoms with van der Waals surface area (Å²) in [4.78, 5) is 33.0. The van der Waals surface area contributed by atoms with Crippen molar-refractivity contribution < 1.29 is 32.6 Å². The van der Waals surface area contributed by atoms with Crippen molar-refractivity contribution >= 4 is 22.5 Å². The van der Waals surface area contributed by atoms with Crippen LogP contribution in [-0.2, 0) is 27.2 Å². The van der Waals surface area contributed by atoms with Crippen LogP contribution in [0, 0.1) is 24.0 Å². The van der Waals surface area contributed by atoms with Crippen LogP contribution in [0.3, 0.4) is 0 Å². The van der Waals surface area contributed by atoms with Gasteiger partial charge in [0.25, 0.3) is 0 Å². The molecule has 3 aromatic carbocycles. The van der Waals surface area contributed by atoms with Crippen molar-refractivity contribution in [3.8, 4) is 17.2 Å². The highest BCUT2D eigenvalue weighted by atomic mass is 19.1. The SMILES string of the molecule is Cc1cc2c(Oc3ccc(CC(=O)C4(C(=O)Cc5ccc(F)cc5)CC4)cc3F)ccnc2cc1OCCCN1CCOCC1. The zero-order valence-corrected chi connectivity index (χ0v) is 25.3. The monoisotopic (exact) mass is 614 g/mol. The maximum Gasteiger partial charge on any atom is 0.166 e. The smallest absolute Gasteiger partial charge is 0.166 e. The van der Waals surface area contributed by atoms with Crippen LogP contribution >= 0.6 is 0 Å². The van der Waals surface area contributed by atoms with Crippen LogP contribution in [0.4, 0.5) is 8.78 Å². The van der Waals surface area contributed by atoms with Crippen LogP contribution < -0.4 is 9.47 Å². The third kappa shape index (κ3) is 7.21. The summed E-state index contributed by atoms with van der Waals surface area (Å²) in [5.74, 6) is -0.168. The van der Waals surface area contributed by atoms with Crippen LogP contribution in [0.5, 0.6) is 17.2 Å². The van der Waals surface area contributed by atoms with Gasteiger partial charge in [-0.15, -0.1) is 0 Å². The van der Waals surface area contributed by atoms with Crippen molar-refractivity contribution in [1.29, 1.82) is 0 Å². The van der Waals surface area contributed by atoms with E-state index in [2.05, 4.69) is 9.88 Å². The molecule has 1 aromatic heterocycles. The lowest BCUT2D eigenvalue weighted by Gasteiger charge is -2.26. The van der Waals surface area contributed by atoms with Crippen LogP contribution in [-0.4, -0.2) is 60.9 Å². The molecule has 1 aliphatic carbocycles. The fourth-order valence-corrected chi connectivity index (χ4v) is 5.80. The highest BCUT2D eigenvalue weighted by Crippen LogP contribution is 2.49. The molecular weight excluding hydrogens is 578 g/mol. The first-order valence-corrected chi connectivity index (χ1v) is 15.4. The Balaban J connectivity index is 1.08. The van der Waals surface area contributed by atoms with Crippen LogP contribution in [0.15, 0.2) is 66.9 Å². The molecular formula is C36H36F2N2O5. The third-order valence-electron chi connectivity index (χ3n) is 8.65. The molecule has 0 atom stereocenters. The van der Waals surface area contributed by atoms with E-state index in [-0.39, 0.29) is 36.0 Å². The fraction of sp³-hybridized carbons (Fsp3) is 0.361. The van der Waals surface area contributed by atoms with Crippen LogP contribution in [0.25, 0.3) is 10.9 Å². The number of Topliss-reactive ketones (excluding diaryl/α,β-unsaturated/α-hetero) is 2. The van der Waals surface area contributed by atoms with E-state index in [1.807, 2.05) is 19.1 Å². The van der Waals surface area contributed by atoms with Gasteiger partial charge in [0.05, 0.1) is 30.8 Å². The van der Waals surface area contributed by atoms with Gasteiger partial charge in [-0.2, -0.15) is 0 Å². The standard InChI is InChI=1S/C36H36F2N2O5/c1-24-19-28-30(23-33(24)44-16-2-13-40-14-17-43-18-15-40)39-12-9-31(28)45-32-8-5-26(20-29(32)38)22-35(42)36(10-11-36)34(41)21-25-3-6-27(37)7-4-25/h3-9,12,19-20,23H,2,10-11,13-18,21-22H2,1H3. The maximum absolute atomic E-state index is 15.2. The lowest BCUT2D eigenvalue weighted by Crippen LogP contribution is -2.37. The number of hydrogen-bond acceptors (Lipinski definition) is 7. The summed E-state index contributed by atoms with van der Waals surface area (Å²) in [5.41, 5.74) is 1.68. The van der Waals surface area contributed by atoms with E-state index >= 15 is 4.39 Å². The third-order valence-corrected chi connectivity index (χ3v) is 8.65. The van der Waals surface area contributed by atoms with E-state index in [4.69, 9.17) is 14.2 Å². The lowest BCUT2D eigenvalue weighted by atomic mass is 9.88. The molecule has 9 heteroatoms. The highest BCUT2D eigenvalue weighted by Gasteiger charge is 2.54. The summed E-state index contributed by atoms with van der Waals surface area (Å²) >= 11 is 0. The predicted octanol–water partition coefficient (Wildman–Crippen LogP) is 6.42. The lowest BCUT2D eigenvalue weighted by molar-refractivity contribution is -0.133. The molecule has 4 aromatic rings. The number of aromatic nitrogens is 1. The van der Waals surface area contributed by atoms with Gasteiger partial charge < -0.3 is 14.2 Å². The number of fused-ring (bicyclic) bond motifs is 1. The molecule has 1 aliphatic heterocycles. The van der Waals surface area contributed by atoms with Crippen molar-refractivity contribution in [3.63, 3.8) is 0 Å². The van der Waals surface area contributed by atoms with Gasteiger partial charge >= 0.3 is 0 Å². The van der Waals surface area contributed by atoms with Crippen molar-refractivity contribution in [1.82, 2.24) is 9.88 Å². The molecule has 0 N–H and O–H groups in total. The quantitative estimate of drug-likeness (QED) is 0.127. The van der Waals surface area contributed by atoms with Gasteiger partial charge in [-0.3, -0.25) is 19.5 Å². The predicted molar refractivity (Wildman–Crippen MR) is 166 cm³/mol. The molecule has 0 radical (unpaired) electrons. The molecule has 234 valence electrons. The number of hydrogen-bond donors (Lipinski definition) is 0. The molecule has 0 unspecified atom stereocenters. The van der Waals surface area contributed by atoms with Gasteiger partial charge in [0.1, 0.15) is 17.3 Å². The number of ketones is 2. The van der Waals surface area contributed by atoms with Gasteiger partial charge in [0.2, 0.25) is 0 Å². The normalized spacial score (nSPS) is 16.0. The van der Waals surface area contributed by atoms with E-state index in [0.29, 0.717) is 41.8 Å². The summed E-state index contributed by atoms with van der Waals surface area (Å²) in [6, 6.07) is 15.6. The minimum absolute atomic E-state index is 0.0216. The molecule has 2 aliphatic rings. The van der Waals surface area contributed by atoms with Crippen LogP contribution in [0.1, 0.15) is 36.0 Å². The van der Waals surface area contributed by atoms with Gasteiger partial charge in [-0.25, -0.2) is 8.78 Å². The molecule has 0 bridgehead atoms. The van der Waals surface area contributed by atoms with Gasteiger partial charge in [-0.05, 0) is 79.3 Å². The van der Waals surface area contributed by atoms with E-state index in [0.717, 1.165) is 56.0 Å². The number of carbonyl (C=O) groups excluding carboxylic acids is 2. The maximum atomic E-state index is 15.2. The summed E-state index contributed by atoms with van der Waals surface area (Å²) in [6.45, 7) is 6.95. The average molecular weight is 615 g/mol. The van der Waals surface area contributed by atoms with E-state index in [9.17, 15) is 14.0 Å². The van der Waals surface area contributed by atoms with Crippen molar-refractivity contribution in [2.45, 2.75) is 39.0 Å². The molecule has 2 fully saturated rings. The topological polar surface area (TPSA) is 78.0 Å². The summed E-state index contributed by atoms with van der Waals surface area (Å²) in [6.07, 6.45) is 3.48. The first-order valence-electron chi connectivity index (χ1n) is 15.4. The number of nitrogens with zero attached hydrogens (tertiary/aromatic N) is 2. The van der Waals surface area contributed by atoms with Gasteiger partial charge in [0, 0.05) is 50.1 Å². The first kappa shape index (κ1) is 30.8. The second kappa shape index (κ2) is 13.4. The largest absolute Gasteiger partial charge is 0.493 e. The Hall–Kier alpha value is -4.21. The van der Waals surface area contributed by atoms with Gasteiger partial charge in [-0.1, -0.05) is 18.2 Å². The summed E-state index contributed by atoms with van der Waals surface area (Å²) in [5, 5.41) is 0.727. The number of rotatable bonds is 13. The first-order chi connectivity index (χ1) is 21.8. The fourth-order valence-electron chi connectivity index (χ4n) is 5.80. The Bertz CT molecular complexity index is 1700. The highest BCUT2D eigenvalue weighted by molar-refractivity contribution is 6.11. The van der Waals surface area contributed by atoms with E-state index < -0.39 is 11.2 Å². The summed E-state index contributed by atoms with van der Waals surface area (Å²) in [7, 11) is 0. The molecule has 6 rings (SSSR count). The Kier molecular flexibility index (Phi) is 9.19. The van der Waals surface area contributed by atoms with E-state index in [1.165, 1.54) is 24.3 Å². The molecule has 2 heterocycles. The zero-order chi connectivity index (χ0) is 31.4. The number of ether oxygens (including phenoxy) is 3. The van der Waals surface area contributed by atoms with Crippen molar-refractivity contribution in [3.05, 3.63) is 95.2 Å². The Morgan fingerprint density at radius 1 is 0.889 bits per heavy atom. The summed E-state index contributed by atoms with van der Waals surface area (Å²) < 4.78 is 45.9. The van der Waals surface area contributed by atoms with Gasteiger partial charge in [0.15, 0.2) is 23.1 Å². The molecule has 1 saturated heterocycles. The number of aryl methyl sites for hydroxylation is 1. The Labute approximate surface area is 261 Å². The Morgan fingerprint density at radius 2 is 1.60 bits per heavy atom. The Morgan fingerprint density at radius 3 is 2.31 bits per heavy atom. The minimum Gasteiger partial charge on any atom is -0.493 e. The van der Waals surface area contributed by atoms with Crippen molar-refractivity contribution in [2.75, 3.05) is 39.5 Å². The number of halogens is 2. The number of pyridine rings is 1. The van der Waals surface area contributed by atoms with E-state index in [1.54, 1.807) is 30.5 Å². The molecule has 1 saturated carbocycles. The molecule has 45 heavy (non-hydrogen) atoms. The second-order valence-electron chi connectivity index (χ2n) is 11.9. The molecule has 0 amide bonds. The number of morpholine rings is 1. The second-order valence-corrected chi connectivity index (χ2v) is 11.9.